The Hall–Kier alpha value is -3.14. The summed E-state index contributed by atoms with van der Waals surface area (Å²) in [5.74, 6) is -0.256. The SMILES string of the molecule is CCC(C)(C)C(=O)OC1C2CC3C(=O)OC1C3O2.CCC(C)(C)C(=O)Oc1ccc(O)cc1.CCC1(OC(=O)C(C)(C)CC)CCCC1. The van der Waals surface area contributed by atoms with E-state index in [1.807, 2.05) is 62.3 Å². The number of benzene rings is 1. The third kappa shape index (κ3) is 9.10. The minimum absolute atomic E-state index is 0.0197. The lowest BCUT2D eigenvalue weighted by atomic mass is 9.87. The maximum absolute atomic E-state index is 12.1. The van der Waals surface area contributed by atoms with Gasteiger partial charge in [0.1, 0.15) is 23.2 Å². The summed E-state index contributed by atoms with van der Waals surface area (Å²) in [6.07, 6.45) is 7.16. The highest BCUT2D eigenvalue weighted by molar-refractivity contribution is 5.79. The topological polar surface area (TPSA) is 135 Å². The molecule has 5 atom stereocenters. The summed E-state index contributed by atoms with van der Waals surface area (Å²) in [4.78, 5) is 47.3. The molecule has 3 saturated heterocycles. The number of hydrogen-bond donors (Lipinski definition) is 1. The number of phenolic OH excluding ortho intramolecular Hbond substituents is 1. The molecule has 1 aromatic rings. The molecule has 0 radical (unpaired) electrons. The molecule has 5 rings (SSSR count). The van der Waals surface area contributed by atoms with E-state index in [1.165, 1.54) is 25.0 Å². The van der Waals surface area contributed by atoms with Gasteiger partial charge in [0.2, 0.25) is 0 Å². The van der Waals surface area contributed by atoms with Crippen molar-refractivity contribution in [1.82, 2.24) is 0 Å². The highest BCUT2D eigenvalue weighted by atomic mass is 16.7. The molecule has 1 aliphatic carbocycles. The van der Waals surface area contributed by atoms with Crippen LogP contribution in [0.25, 0.3) is 0 Å². The fourth-order valence-electron chi connectivity index (χ4n) is 5.74. The van der Waals surface area contributed by atoms with Crippen LogP contribution in [0.15, 0.2) is 24.3 Å². The monoisotopic (exact) mass is 674 g/mol. The predicted molar refractivity (Wildman–Crippen MR) is 180 cm³/mol. The van der Waals surface area contributed by atoms with Crippen LogP contribution >= 0.6 is 0 Å². The van der Waals surface area contributed by atoms with Crippen molar-refractivity contribution in [2.75, 3.05) is 0 Å². The second kappa shape index (κ2) is 15.6. The lowest BCUT2D eigenvalue weighted by Gasteiger charge is -2.32. The molecular weight excluding hydrogens is 616 g/mol. The molecule has 10 nitrogen and oxygen atoms in total. The fourth-order valence-corrected chi connectivity index (χ4v) is 5.74. The minimum atomic E-state index is -0.510. The van der Waals surface area contributed by atoms with Gasteiger partial charge >= 0.3 is 23.9 Å². The summed E-state index contributed by atoms with van der Waals surface area (Å²) in [5, 5.41) is 9.06. The van der Waals surface area contributed by atoms with Crippen LogP contribution in [-0.2, 0) is 38.1 Å². The Morgan fingerprint density at radius 2 is 1.33 bits per heavy atom. The smallest absolute Gasteiger partial charge is 0.316 e. The number of carbonyl (C=O) groups is 4. The third-order valence-corrected chi connectivity index (χ3v) is 10.9. The van der Waals surface area contributed by atoms with E-state index in [4.69, 9.17) is 28.8 Å². The van der Waals surface area contributed by atoms with Gasteiger partial charge in [-0.1, -0.05) is 27.7 Å². The van der Waals surface area contributed by atoms with Crippen LogP contribution in [0.4, 0.5) is 0 Å². The Labute approximate surface area is 286 Å². The van der Waals surface area contributed by atoms with Crippen LogP contribution in [-0.4, -0.2) is 59.0 Å². The quantitative estimate of drug-likeness (QED) is 0.151. The van der Waals surface area contributed by atoms with Gasteiger partial charge in [0.15, 0.2) is 12.2 Å². The first-order valence-electron chi connectivity index (χ1n) is 17.7. The molecule has 1 aromatic carbocycles. The van der Waals surface area contributed by atoms with Gasteiger partial charge in [-0.25, -0.2) is 0 Å². The van der Waals surface area contributed by atoms with Crippen molar-refractivity contribution in [2.45, 2.75) is 157 Å². The van der Waals surface area contributed by atoms with Crippen LogP contribution < -0.4 is 4.74 Å². The first kappa shape index (κ1) is 39.3. The Bertz CT molecular complexity index is 1270. The Kier molecular flexibility index (Phi) is 12.8. The minimum Gasteiger partial charge on any atom is -0.508 e. The van der Waals surface area contributed by atoms with Crippen LogP contribution in [0.3, 0.4) is 0 Å². The summed E-state index contributed by atoms with van der Waals surface area (Å²) >= 11 is 0. The number of fused-ring (bicyclic) bond motifs is 1. The molecule has 3 heterocycles. The zero-order chi connectivity index (χ0) is 36.1. The van der Waals surface area contributed by atoms with Crippen molar-refractivity contribution in [1.29, 1.82) is 0 Å². The third-order valence-electron chi connectivity index (χ3n) is 10.9. The summed E-state index contributed by atoms with van der Waals surface area (Å²) in [6, 6.07) is 6.11. The highest BCUT2D eigenvalue weighted by Gasteiger charge is 2.65. The second-order valence-electron chi connectivity index (χ2n) is 15.5. The van der Waals surface area contributed by atoms with Crippen molar-refractivity contribution in [3.8, 4) is 11.5 Å². The molecular formula is C38H58O10. The maximum atomic E-state index is 12.1. The molecule has 2 bridgehead atoms. The van der Waals surface area contributed by atoms with Crippen molar-refractivity contribution < 1.29 is 48.0 Å². The van der Waals surface area contributed by atoms with E-state index in [2.05, 4.69) is 6.92 Å². The van der Waals surface area contributed by atoms with E-state index in [1.54, 1.807) is 12.1 Å². The lowest BCUT2D eigenvalue weighted by molar-refractivity contribution is -0.170. The first-order chi connectivity index (χ1) is 22.3. The van der Waals surface area contributed by atoms with Gasteiger partial charge in [-0.05, 0) is 124 Å². The van der Waals surface area contributed by atoms with E-state index >= 15 is 0 Å². The van der Waals surface area contributed by atoms with Crippen molar-refractivity contribution >= 4 is 23.9 Å². The largest absolute Gasteiger partial charge is 0.508 e. The normalized spacial score (nSPS) is 25.2. The number of aromatic hydroxyl groups is 1. The standard InChI is InChI=1S/C13H18O5.C13H24O2.C12H16O3/c1-4-13(2,3)12(15)18-9-7-5-6-8(16-7)10(9)17-11(6)14;1-5-12(3,4)11(14)15-13(6-2)9-7-8-10-13;1-4-12(2,3)11(14)15-10-7-5-9(13)6-8-10/h6-10H,4-5H2,1-3H3;5-10H2,1-4H3;5-8,13H,4H2,1-3H3. The van der Waals surface area contributed by atoms with E-state index < -0.39 is 23.0 Å². The van der Waals surface area contributed by atoms with Gasteiger partial charge in [0.05, 0.1) is 28.3 Å². The Morgan fingerprint density at radius 3 is 1.85 bits per heavy atom. The molecule has 4 aliphatic rings. The molecule has 48 heavy (non-hydrogen) atoms. The predicted octanol–water partition coefficient (Wildman–Crippen LogP) is 7.47. The van der Waals surface area contributed by atoms with E-state index in [0.717, 1.165) is 32.1 Å². The highest BCUT2D eigenvalue weighted by Crippen LogP contribution is 2.48. The van der Waals surface area contributed by atoms with Crippen molar-refractivity contribution in [3.63, 3.8) is 0 Å². The van der Waals surface area contributed by atoms with E-state index in [9.17, 15) is 19.2 Å². The lowest BCUT2D eigenvalue weighted by Crippen LogP contribution is -2.42. The van der Waals surface area contributed by atoms with Crippen LogP contribution in [0.1, 0.15) is 127 Å². The van der Waals surface area contributed by atoms with Crippen molar-refractivity contribution in [3.05, 3.63) is 24.3 Å². The zero-order valence-electron chi connectivity index (χ0n) is 30.7. The van der Waals surface area contributed by atoms with Crippen LogP contribution in [0.5, 0.6) is 11.5 Å². The van der Waals surface area contributed by atoms with E-state index in [-0.39, 0.29) is 58.8 Å². The van der Waals surface area contributed by atoms with Gasteiger partial charge in [-0.15, -0.1) is 0 Å². The van der Waals surface area contributed by atoms with Crippen LogP contribution in [0.2, 0.25) is 0 Å². The Morgan fingerprint density at radius 1 is 0.812 bits per heavy atom. The number of hydrogen-bond acceptors (Lipinski definition) is 10. The van der Waals surface area contributed by atoms with Gasteiger partial charge in [-0.2, -0.15) is 0 Å². The fraction of sp³-hybridized carbons (Fsp3) is 0.737. The molecule has 3 aliphatic heterocycles. The average Bonchev–Trinajstić information content (AvgIpc) is 3.82. The molecule has 1 saturated carbocycles. The average molecular weight is 675 g/mol. The molecule has 10 heteroatoms. The number of esters is 4. The summed E-state index contributed by atoms with van der Waals surface area (Å²) < 4.78 is 27.4. The summed E-state index contributed by atoms with van der Waals surface area (Å²) in [7, 11) is 0. The number of phenols is 1. The number of ether oxygens (including phenoxy) is 5. The first-order valence-corrected chi connectivity index (χ1v) is 17.7. The second-order valence-corrected chi connectivity index (χ2v) is 15.5. The number of carbonyl (C=O) groups excluding carboxylic acids is 4. The number of rotatable bonds is 10. The van der Waals surface area contributed by atoms with Gasteiger partial charge in [0, 0.05) is 0 Å². The van der Waals surface area contributed by atoms with E-state index in [0.29, 0.717) is 18.6 Å². The maximum Gasteiger partial charge on any atom is 0.316 e. The molecule has 5 unspecified atom stereocenters. The van der Waals surface area contributed by atoms with Gasteiger partial charge in [-0.3, -0.25) is 19.2 Å². The summed E-state index contributed by atoms with van der Waals surface area (Å²) in [5.41, 5.74) is -1.45. The van der Waals surface area contributed by atoms with Gasteiger partial charge < -0.3 is 28.8 Å². The molecule has 0 spiro atoms. The Balaban J connectivity index is 0.000000197. The van der Waals surface area contributed by atoms with Crippen molar-refractivity contribution in [2.24, 2.45) is 22.2 Å². The zero-order valence-corrected chi connectivity index (χ0v) is 30.7. The molecule has 270 valence electrons. The molecule has 4 fully saturated rings. The summed E-state index contributed by atoms with van der Waals surface area (Å²) in [6.45, 7) is 19.4. The molecule has 0 amide bonds. The molecule has 0 aromatic heterocycles. The van der Waals surface area contributed by atoms with Crippen LogP contribution in [0, 0.1) is 22.2 Å². The molecule has 1 N–H and O–H groups in total. The van der Waals surface area contributed by atoms with Gasteiger partial charge in [0.25, 0.3) is 0 Å².